The minimum atomic E-state index is -0.429. The van der Waals surface area contributed by atoms with Crippen molar-refractivity contribution in [1.29, 1.82) is 0 Å². The molecule has 0 aliphatic heterocycles. The quantitative estimate of drug-likeness (QED) is 0.455. The van der Waals surface area contributed by atoms with E-state index >= 15 is 0 Å². The van der Waals surface area contributed by atoms with Gasteiger partial charge >= 0.3 is 29.6 Å². The van der Waals surface area contributed by atoms with Crippen LogP contribution >= 0.6 is 0 Å². The van der Waals surface area contributed by atoms with Gasteiger partial charge in [0, 0.05) is 0 Å². The molecule has 13 heavy (non-hydrogen) atoms. The van der Waals surface area contributed by atoms with Crippen molar-refractivity contribution in [3.05, 3.63) is 48.1 Å². The fraction of sp³-hybridized carbons (Fsp3) is 0. The molecule has 1 aromatic carbocycles. The summed E-state index contributed by atoms with van der Waals surface area (Å²) < 4.78 is 12.4. The van der Waals surface area contributed by atoms with Gasteiger partial charge in [0.05, 0.1) is 5.91 Å². The van der Waals surface area contributed by atoms with Crippen LogP contribution in [0.1, 0.15) is 0 Å². The largest absolute Gasteiger partial charge is 1.00 e. The maximum Gasteiger partial charge on any atom is 1.00 e. The molecule has 1 aromatic rings. The van der Waals surface area contributed by atoms with Gasteiger partial charge < -0.3 is 10.1 Å². The van der Waals surface area contributed by atoms with E-state index in [0.29, 0.717) is 5.69 Å². The second kappa shape index (κ2) is 5.91. The van der Waals surface area contributed by atoms with E-state index in [2.05, 4.69) is 11.9 Å². The Morgan fingerprint density at radius 3 is 2.38 bits per heavy atom. The number of hydrogen-bond acceptors (Lipinski definition) is 1. The molecule has 0 aromatic heterocycles. The molecule has 0 aliphatic rings. The molecule has 2 nitrogen and oxygen atoms in total. The van der Waals surface area contributed by atoms with Crippen molar-refractivity contribution in [2.75, 3.05) is 0 Å². The molecule has 62 valence electrons. The van der Waals surface area contributed by atoms with E-state index in [1.165, 1.54) is 24.3 Å². The molecular formula is C9H7FNNaO. The Bertz CT molecular complexity index is 297. The van der Waals surface area contributed by atoms with Crippen LogP contribution in [0.25, 0.3) is 5.32 Å². The number of benzene rings is 1. The standard InChI is InChI=1S/C9H8FNO.Na/c1-2-9(12)11-8-5-3-7(10)4-6-8;/h2-6H,1H2,(H,11,12);/q;+1/p-1. The molecule has 0 atom stereocenters. The van der Waals surface area contributed by atoms with Crippen LogP contribution < -0.4 is 29.6 Å². The van der Waals surface area contributed by atoms with Crippen LogP contribution in [0, 0.1) is 5.82 Å². The topological polar surface area (TPSA) is 31.2 Å². The maximum absolute atomic E-state index is 12.4. The zero-order valence-electron chi connectivity index (χ0n) is 7.33. The van der Waals surface area contributed by atoms with E-state index in [1.807, 2.05) is 0 Å². The second-order valence-electron chi connectivity index (χ2n) is 2.13. The monoisotopic (exact) mass is 187 g/mol. The minimum Gasteiger partial charge on any atom is -0.623 e. The van der Waals surface area contributed by atoms with Gasteiger partial charge in [-0.15, -0.1) is 5.69 Å². The Morgan fingerprint density at radius 2 is 1.92 bits per heavy atom. The zero-order valence-corrected chi connectivity index (χ0v) is 9.33. The van der Waals surface area contributed by atoms with Gasteiger partial charge in [0.25, 0.3) is 0 Å². The average Bonchev–Trinajstić information content (AvgIpc) is 2.09. The fourth-order valence-electron chi connectivity index (χ4n) is 0.689. The second-order valence-corrected chi connectivity index (χ2v) is 2.13. The summed E-state index contributed by atoms with van der Waals surface area (Å²) in [5, 5.41) is 3.60. The van der Waals surface area contributed by atoms with Crippen molar-refractivity contribution in [3.8, 4) is 0 Å². The number of rotatable bonds is 2. The summed E-state index contributed by atoms with van der Waals surface area (Å²) in [6, 6.07) is 5.35. The minimum absolute atomic E-state index is 0. The first-order valence-corrected chi connectivity index (χ1v) is 3.36. The molecule has 0 spiro atoms. The van der Waals surface area contributed by atoms with Crippen molar-refractivity contribution in [2.45, 2.75) is 0 Å². The van der Waals surface area contributed by atoms with Crippen LogP contribution in [0.5, 0.6) is 0 Å². The van der Waals surface area contributed by atoms with Crippen LogP contribution in [-0.4, -0.2) is 5.91 Å². The van der Waals surface area contributed by atoms with Crippen LogP contribution in [-0.2, 0) is 4.79 Å². The molecule has 0 saturated heterocycles. The molecular weight excluding hydrogens is 180 g/mol. The number of hydrogen-bond donors (Lipinski definition) is 0. The van der Waals surface area contributed by atoms with E-state index in [9.17, 15) is 9.18 Å². The SMILES string of the molecule is C=CC(=O)[N-]c1ccc(F)cc1.[Na+]. The average molecular weight is 187 g/mol. The molecule has 1 rings (SSSR count). The Morgan fingerprint density at radius 1 is 1.38 bits per heavy atom. The summed E-state index contributed by atoms with van der Waals surface area (Å²) in [5.41, 5.74) is 0.432. The number of nitrogens with zero attached hydrogens (tertiary/aromatic N) is 1. The molecule has 1 amide bonds. The first-order valence-electron chi connectivity index (χ1n) is 3.36. The summed E-state index contributed by atoms with van der Waals surface area (Å²) in [5.74, 6) is -0.776. The third-order valence-corrected chi connectivity index (χ3v) is 1.24. The molecule has 0 saturated carbocycles. The first-order chi connectivity index (χ1) is 5.72. The maximum atomic E-state index is 12.4. The van der Waals surface area contributed by atoms with Gasteiger partial charge in [0.15, 0.2) is 0 Å². The number of halogens is 1. The Labute approximate surface area is 98.1 Å². The van der Waals surface area contributed by atoms with Gasteiger partial charge in [0.2, 0.25) is 0 Å². The Kier molecular flexibility index (Phi) is 5.62. The molecule has 0 bridgehead atoms. The molecule has 0 radical (unpaired) electrons. The third kappa shape index (κ3) is 4.22. The number of carbonyl (C=O) groups excluding carboxylic acids is 1. The summed E-state index contributed by atoms with van der Waals surface area (Å²) in [7, 11) is 0. The third-order valence-electron chi connectivity index (χ3n) is 1.24. The van der Waals surface area contributed by atoms with E-state index < -0.39 is 5.91 Å². The Balaban J connectivity index is 0.00000144. The Hall–Kier alpha value is -0.640. The van der Waals surface area contributed by atoms with Gasteiger partial charge in [-0.1, -0.05) is 18.7 Å². The van der Waals surface area contributed by atoms with Crippen molar-refractivity contribution in [2.24, 2.45) is 0 Å². The summed E-state index contributed by atoms with van der Waals surface area (Å²) in [6.45, 7) is 3.26. The van der Waals surface area contributed by atoms with Crippen molar-refractivity contribution in [3.63, 3.8) is 0 Å². The van der Waals surface area contributed by atoms with E-state index in [1.54, 1.807) is 0 Å². The van der Waals surface area contributed by atoms with Gasteiger partial charge in [-0.3, -0.25) is 0 Å². The molecule has 0 unspecified atom stereocenters. The fourth-order valence-corrected chi connectivity index (χ4v) is 0.689. The summed E-state index contributed by atoms with van der Waals surface area (Å²) >= 11 is 0. The van der Waals surface area contributed by atoms with Crippen LogP contribution in [0.2, 0.25) is 0 Å². The van der Waals surface area contributed by atoms with Crippen LogP contribution in [0.3, 0.4) is 0 Å². The molecule has 4 heteroatoms. The van der Waals surface area contributed by atoms with Crippen LogP contribution in [0.15, 0.2) is 36.9 Å². The molecule has 0 heterocycles. The zero-order chi connectivity index (χ0) is 8.97. The predicted molar refractivity (Wildman–Crippen MR) is 44.6 cm³/mol. The van der Waals surface area contributed by atoms with Crippen LogP contribution in [0.4, 0.5) is 10.1 Å². The van der Waals surface area contributed by atoms with Gasteiger partial charge in [0.1, 0.15) is 5.82 Å². The number of amides is 1. The molecule has 0 aliphatic carbocycles. The van der Waals surface area contributed by atoms with Gasteiger partial charge in [-0.05, 0) is 18.2 Å². The smallest absolute Gasteiger partial charge is 0.623 e. The van der Waals surface area contributed by atoms with E-state index in [-0.39, 0.29) is 35.4 Å². The van der Waals surface area contributed by atoms with Gasteiger partial charge in [-0.2, -0.15) is 0 Å². The van der Waals surface area contributed by atoms with Crippen molar-refractivity contribution >= 4 is 11.6 Å². The summed E-state index contributed by atoms with van der Waals surface area (Å²) in [4.78, 5) is 10.7. The van der Waals surface area contributed by atoms with Crippen molar-refractivity contribution < 1.29 is 38.7 Å². The summed E-state index contributed by atoms with van der Waals surface area (Å²) in [6.07, 6.45) is 1.10. The molecule has 0 N–H and O–H groups in total. The van der Waals surface area contributed by atoms with E-state index in [4.69, 9.17) is 0 Å². The van der Waals surface area contributed by atoms with E-state index in [0.717, 1.165) is 6.08 Å². The van der Waals surface area contributed by atoms with Gasteiger partial charge in [-0.25, -0.2) is 4.39 Å². The number of carbonyl (C=O) groups is 1. The first kappa shape index (κ1) is 12.4. The predicted octanol–water partition coefficient (Wildman–Crippen LogP) is -0.453. The van der Waals surface area contributed by atoms with Crippen molar-refractivity contribution in [1.82, 2.24) is 0 Å². The normalized spacial score (nSPS) is 8.38. The molecule has 0 fully saturated rings.